The first-order valence-corrected chi connectivity index (χ1v) is 17.1. The number of likely N-dealkylation sites (tertiary alicyclic amines) is 1. The average molecular weight is 726 g/mol. The first kappa shape index (κ1) is 40.0. The SMILES string of the molecule is CC(=O)OC(=C(NC(=O)[N+]1(C(=O)[C@@H](NC(=O)c2ccc(S(=O)(=O)N3CCOCC3)cc2)C(C)C)CCC[C@H]1C)C(C)C)C(F)(F)C(F)(F)F. The predicted molar refractivity (Wildman–Crippen MR) is 164 cm³/mol. The van der Waals surface area contributed by atoms with Crippen LogP contribution in [0.4, 0.5) is 26.7 Å². The maximum absolute atomic E-state index is 14.7. The molecule has 2 fully saturated rings. The molecule has 3 rings (SSSR count). The van der Waals surface area contributed by atoms with Crippen molar-refractivity contribution in [3.05, 3.63) is 41.3 Å². The lowest BCUT2D eigenvalue weighted by Gasteiger charge is -2.37. The summed E-state index contributed by atoms with van der Waals surface area (Å²) in [5.74, 6) is -12.8. The van der Waals surface area contributed by atoms with Crippen LogP contribution in [-0.4, -0.2) is 98.1 Å². The summed E-state index contributed by atoms with van der Waals surface area (Å²) >= 11 is 0. The molecule has 0 aromatic heterocycles. The van der Waals surface area contributed by atoms with Crippen LogP contribution in [0, 0.1) is 11.8 Å². The summed E-state index contributed by atoms with van der Waals surface area (Å²) in [6.07, 6.45) is -5.59. The summed E-state index contributed by atoms with van der Waals surface area (Å²) < 4.78 is 105. The smallest absolute Gasteiger partial charge is 0.422 e. The Morgan fingerprint density at radius 3 is 2.02 bits per heavy atom. The van der Waals surface area contributed by atoms with Crippen LogP contribution < -0.4 is 10.6 Å². The van der Waals surface area contributed by atoms with E-state index in [9.17, 15) is 49.5 Å². The second-order valence-corrected chi connectivity index (χ2v) is 14.6. The Bertz CT molecular complexity index is 1560. The van der Waals surface area contributed by atoms with Gasteiger partial charge in [-0.2, -0.15) is 30.7 Å². The van der Waals surface area contributed by atoms with Crippen LogP contribution in [0.5, 0.6) is 0 Å². The van der Waals surface area contributed by atoms with E-state index >= 15 is 0 Å². The Hall–Kier alpha value is -3.48. The molecular formula is C31H42F5N4O8S+. The molecule has 2 N–H and O–H groups in total. The predicted octanol–water partition coefficient (Wildman–Crippen LogP) is 4.33. The molecule has 1 aromatic rings. The summed E-state index contributed by atoms with van der Waals surface area (Å²) in [7, 11) is -3.86. The van der Waals surface area contributed by atoms with Crippen LogP contribution >= 0.6 is 0 Å². The van der Waals surface area contributed by atoms with Gasteiger partial charge in [0.1, 0.15) is 12.1 Å². The summed E-state index contributed by atoms with van der Waals surface area (Å²) in [6.45, 7) is 8.36. The highest BCUT2D eigenvalue weighted by Crippen LogP contribution is 2.43. The molecule has 18 heteroatoms. The third-order valence-electron chi connectivity index (χ3n) is 8.54. The van der Waals surface area contributed by atoms with Gasteiger partial charge in [0.05, 0.1) is 30.4 Å². The zero-order valence-electron chi connectivity index (χ0n) is 28.0. The lowest BCUT2D eigenvalue weighted by Crippen LogP contribution is -2.68. The number of carbonyl (C=O) groups is 4. The van der Waals surface area contributed by atoms with Crippen LogP contribution in [0.1, 0.15) is 64.7 Å². The quantitative estimate of drug-likeness (QED) is 0.157. The molecule has 49 heavy (non-hydrogen) atoms. The number of amides is 4. The van der Waals surface area contributed by atoms with Crippen LogP contribution in [0.3, 0.4) is 0 Å². The summed E-state index contributed by atoms with van der Waals surface area (Å²) in [5.41, 5.74) is -1.04. The number of esters is 1. The highest BCUT2D eigenvalue weighted by molar-refractivity contribution is 7.89. The van der Waals surface area contributed by atoms with Gasteiger partial charge >= 0.3 is 30.0 Å². The van der Waals surface area contributed by atoms with Gasteiger partial charge < -0.3 is 14.8 Å². The van der Waals surface area contributed by atoms with E-state index in [4.69, 9.17) is 4.74 Å². The van der Waals surface area contributed by atoms with Gasteiger partial charge in [-0.05, 0) is 43.0 Å². The fourth-order valence-corrected chi connectivity index (χ4v) is 7.15. The number of allylic oxidation sites excluding steroid dienone is 2. The number of hydrogen-bond donors (Lipinski definition) is 2. The Morgan fingerprint density at radius 2 is 1.57 bits per heavy atom. The van der Waals surface area contributed by atoms with E-state index in [1.165, 1.54) is 49.3 Å². The van der Waals surface area contributed by atoms with Crippen molar-refractivity contribution in [1.82, 2.24) is 14.9 Å². The van der Waals surface area contributed by atoms with E-state index in [0.717, 1.165) is 0 Å². The molecule has 0 bridgehead atoms. The van der Waals surface area contributed by atoms with E-state index in [0.29, 0.717) is 19.8 Å². The van der Waals surface area contributed by atoms with E-state index in [-0.39, 0.29) is 43.3 Å². The van der Waals surface area contributed by atoms with E-state index in [1.807, 2.05) is 0 Å². The number of quaternary nitrogens is 1. The van der Waals surface area contributed by atoms with Crippen LogP contribution in [0.15, 0.2) is 40.6 Å². The minimum atomic E-state index is -6.19. The molecule has 0 spiro atoms. The number of benzene rings is 1. The number of nitrogens with zero attached hydrogens (tertiary/aromatic N) is 2. The largest absolute Gasteiger partial charge is 0.461 e. The van der Waals surface area contributed by atoms with Crippen molar-refractivity contribution in [2.45, 2.75) is 83.5 Å². The number of rotatable bonds is 10. The number of ether oxygens (including phenoxy) is 2. The zero-order valence-corrected chi connectivity index (χ0v) is 28.8. The zero-order chi connectivity index (χ0) is 37.1. The molecule has 0 aliphatic carbocycles. The minimum absolute atomic E-state index is 0.00437. The lowest BCUT2D eigenvalue weighted by molar-refractivity contribution is -0.785. The average Bonchev–Trinajstić information content (AvgIpc) is 3.42. The number of urea groups is 1. The molecule has 12 nitrogen and oxygen atoms in total. The van der Waals surface area contributed by atoms with Gasteiger partial charge in [-0.1, -0.05) is 27.7 Å². The maximum Gasteiger partial charge on any atom is 0.461 e. The number of hydrogen-bond acceptors (Lipinski definition) is 8. The third-order valence-corrected chi connectivity index (χ3v) is 10.4. The fourth-order valence-electron chi connectivity index (χ4n) is 5.75. The molecule has 2 saturated heterocycles. The normalized spacial score (nSPS) is 22.0. The van der Waals surface area contributed by atoms with Crippen molar-refractivity contribution >= 4 is 33.8 Å². The van der Waals surface area contributed by atoms with E-state index in [1.54, 1.807) is 13.8 Å². The molecule has 4 amide bonds. The molecule has 2 aliphatic heterocycles. The molecule has 0 radical (unpaired) electrons. The Labute approximate surface area is 281 Å². The molecule has 2 heterocycles. The van der Waals surface area contributed by atoms with Gasteiger partial charge in [0, 0.05) is 38.4 Å². The van der Waals surface area contributed by atoms with Crippen molar-refractivity contribution in [3.8, 4) is 0 Å². The Balaban J connectivity index is 1.97. The van der Waals surface area contributed by atoms with Gasteiger partial charge in [0.25, 0.3) is 5.91 Å². The van der Waals surface area contributed by atoms with Gasteiger partial charge in [-0.15, -0.1) is 0 Å². The monoisotopic (exact) mass is 725 g/mol. The van der Waals surface area contributed by atoms with Gasteiger partial charge in [0.2, 0.25) is 15.8 Å². The topological polar surface area (TPSA) is 148 Å². The first-order chi connectivity index (χ1) is 22.6. The molecule has 3 atom stereocenters. The number of halogens is 5. The molecule has 274 valence electrons. The molecular weight excluding hydrogens is 683 g/mol. The standard InChI is InChI=1S/C31H41F5N4O8S/c1-18(2)24(26(48-21(6)41)30(32,33)31(34,35)36)38-29(44)40(15-7-8-20(40)5)28(43)25(19(3)4)37-27(42)22-9-11-23(12-10-22)49(45,46)39-13-16-47-17-14-39/h9-12,18-20,25H,7-8,13-17H2,1-6H3,(H-,37,38,42,44)/p+1/t20-,25+,40?/m1/s1. The van der Waals surface area contributed by atoms with E-state index in [2.05, 4.69) is 15.4 Å². The molecule has 0 saturated carbocycles. The van der Waals surface area contributed by atoms with Gasteiger partial charge in [0.15, 0.2) is 0 Å². The highest BCUT2D eigenvalue weighted by atomic mass is 32.2. The van der Waals surface area contributed by atoms with Crippen LogP contribution in [-0.2, 0) is 29.1 Å². The fraction of sp³-hybridized carbons (Fsp3) is 0.613. The maximum atomic E-state index is 14.7. The molecule has 1 unspecified atom stereocenters. The highest BCUT2D eigenvalue weighted by Gasteiger charge is 2.64. The van der Waals surface area contributed by atoms with Crippen LogP contribution in [0.2, 0.25) is 0 Å². The Morgan fingerprint density at radius 1 is 1.00 bits per heavy atom. The number of imide groups is 1. The van der Waals surface area contributed by atoms with Gasteiger partial charge in [-0.25, -0.2) is 18.0 Å². The summed E-state index contributed by atoms with van der Waals surface area (Å²) in [5, 5.41) is 4.66. The van der Waals surface area contributed by atoms with Gasteiger partial charge in [-0.3, -0.25) is 14.9 Å². The second kappa shape index (κ2) is 15.2. The molecule has 1 aromatic carbocycles. The number of carbonyl (C=O) groups excluding carboxylic acids is 4. The number of nitrogens with one attached hydrogen (secondary N) is 2. The number of sulfonamides is 1. The van der Waals surface area contributed by atoms with Crippen molar-refractivity contribution < 1.29 is 63.5 Å². The first-order valence-electron chi connectivity index (χ1n) is 15.7. The third kappa shape index (κ3) is 8.29. The Kier molecular flexibility index (Phi) is 12.4. The summed E-state index contributed by atoms with van der Waals surface area (Å²) in [6, 6.07) is 1.63. The van der Waals surface area contributed by atoms with Crippen LogP contribution in [0.25, 0.3) is 0 Å². The lowest BCUT2D eigenvalue weighted by atomic mass is 10.00. The number of alkyl halides is 5. The minimum Gasteiger partial charge on any atom is -0.422 e. The van der Waals surface area contributed by atoms with Crippen molar-refractivity contribution in [1.29, 1.82) is 0 Å². The van der Waals surface area contributed by atoms with Crippen molar-refractivity contribution in [2.24, 2.45) is 11.8 Å². The second-order valence-electron chi connectivity index (χ2n) is 12.7. The number of morpholine rings is 1. The molecule has 2 aliphatic rings. The van der Waals surface area contributed by atoms with Crippen molar-refractivity contribution in [2.75, 3.05) is 32.8 Å². The summed E-state index contributed by atoms with van der Waals surface area (Å²) in [4.78, 5) is 53.3. The van der Waals surface area contributed by atoms with Crippen molar-refractivity contribution in [3.63, 3.8) is 0 Å². The van der Waals surface area contributed by atoms with E-state index < -0.39 is 85.8 Å².